The molecule has 24 heavy (non-hydrogen) atoms. The standard InChI is InChI=1S/C17H20N2O3S2/c1-3-8-19(9-16(20)21)17(22)13-4-6-15(7-5-13)24-11-14-10-23-12(2)18-14/h4-7,10H,3,8-9,11H2,1-2H3,(H,20,21). The van der Waals surface area contributed by atoms with Crippen molar-refractivity contribution >= 4 is 35.0 Å². The number of carboxylic acids is 1. The summed E-state index contributed by atoms with van der Waals surface area (Å²) in [5.41, 5.74) is 1.57. The first-order chi connectivity index (χ1) is 11.5. The van der Waals surface area contributed by atoms with Crippen LogP contribution >= 0.6 is 23.1 Å². The van der Waals surface area contributed by atoms with E-state index >= 15 is 0 Å². The van der Waals surface area contributed by atoms with Gasteiger partial charge in [-0.2, -0.15) is 0 Å². The minimum absolute atomic E-state index is 0.245. The molecule has 128 valence electrons. The zero-order chi connectivity index (χ0) is 17.5. The Hall–Kier alpha value is -1.86. The van der Waals surface area contributed by atoms with Crippen molar-refractivity contribution < 1.29 is 14.7 Å². The van der Waals surface area contributed by atoms with Crippen LogP contribution in [0.5, 0.6) is 0 Å². The van der Waals surface area contributed by atoms with Crippen molar-refractivity contribution in [3.05, 3.63) is 45.9 Å². The van der Waals surface area contributed by atoms with Crippen LogP contribution in [-0.4, -0.2) is 40.0 Å². The lowest BCUT2D eigenvalue weighted by molar-refractivity contribution is -0.137. The summed E-state index contributed by atoms with van der Waals surface area (Å²) >= 11 is 3.30. The molecular weight excluding hydrogens is 344 g/mol. The summed E-state index contributed by atoms with van der Waals surface area (Å²) in [6, 6.07) is 7.28. The molecule has 5 nitrogen and oxygen atoms in total. The minimum Gasteiger partial charge on any atom is -0.480 e. The van der Waals surface area contributed by atoms with Crippen molar-refractivity contribution in [2.24, 2.45) is 0 Å². The zero-order valence-corrected chi connectivity index (χ0v) is 15.3. The van der Waals surface area contributed by atoms with E-state index in [-0.39, 0.29) is 12.5 Å². The molecule has 1 heterocycles. The van der Waals surface area contributed by atoms with Crippen LogP contribution < -0.4 is 0 Å². The molecule has 7 heteroatoms. The number of hydrogen-bond acceptors (Lipinski definition) is 5. The Morgan fingerprint density at radius 3 is 2.54 bits per heavy atom. The molecule has 0 aliphatic rings. The van der Waals surface area contributed by atoms with Gasteiger partial charge in [-0.1, -0.05) is 6.92 Å². The predicted octanol–water partition coefficient (Wildman–Crippen LogP) is 3.68. The number of benzene rings is 1. The number of aromatic nitrogens is 1. The summed E-state index contributed by atoms with van der Waals surface area (Å²) < 4.78 is 0. The van der Waals surface area contributed by atoms with Gasteiger partial charge in [0.25, 0.3) is 5.91 Å². The number of thiazole rings is 1. The Balaban J connectivity index is 1.99. The zero-order valence-electron chi connectivity index (χ0n) is 13.7. The van der Waals surface area contributed by atoms with Crippen molar-refractivity contribution in [1.82, 2.24) is 9.88 Å². The average molecular weight is 364 g/mol. The number of nitrogens with zero attached hydrogens (tertiary/aromatic N) is 2. The average Bonchev–Trinajstić information content (AvgIpc) is 2.97. The fourth-order valence-corrected chi connectivity index (χ4v) is 3.70. The number of rotatable bonds is 8. The van der Waals surface area contributed by atoms with E-state index in [0.717, 1.165) is 27.8 Å². The summed E-state index contributed by atoms with van der Waals surface area (Å²) in [6.45, 7) is 4.07. The van der Waals surface area contributed by atoms with Gasteiger partial charge in [0.1, 0.15) is 6.54 Å². The molecule has 0 atom stereocenters. The summed E-state index contributed by atoms with van der Waals surface area (Å²) in [4.78, 5) is 30.1. The molecular formula is C17H20N2O3S2. The second-order valence-electron chi connectivity index (χ2n) is 5.29. The van der Waals surface area contributed by atoms with Crippen LogP contribution in [0.1, 0.15) is 34.4 Å². The van der Waals surface area contributed by atoms with E-state index in [4.69, 9.17) is 5.11 Å². The first kappa shape index (κ1) is 18.5. The maximum atomic E-state index is 12.4. The topological polar surface area (TPSA) is 70.5 Å². The maximum absolute atomic E-state index is 12.4. The van der Waals surface area contributed by atoms with Crippen LogP contribution in [0, 0.1) is 6.92 Å². The summed E-state index contributed by atoms with van der Waals surface area (Å²) in [5.74, 6) is -0.452. The molecule has 0 saturated carbocycles. The third-order valence-corrected chi connectivity index (χ3v) is 5.13. The second kappa shape index (κ2) is 8.84. The lowest BCUT2D eigenvalue weighted by Crippen LogP contribution is -2.36. The number of aryl methyl sites for hydroxylation is 1. The van der Waals surface area contributed by atoms with Crippen LogP contribution in [-0.2, 0) is 10.5 Å². The molecule has 1 aromatic carbocycles. The van der Waals surface area contributed by atoms with Crippen LogP contribution in [0.25, 0.3) is 0 Å². The largest absolute Gasteiger partial charge is 0.480 e. The molecule has 1 amide bonds. The normalized spacial score (nSPS) is 10.6. The third-order valence-electron chi connectivity index (χ3n) is 3.26. The molecule has 0 bridgehead atoms. The van der Waals surface area contributed by atoms with Crippen molar-refractivity contribution in [3.63, 3.8) is 0 Å². The predicted molar refractivity (Wildman–Crippen MR) is 96.7 cm³/mol. The van der Waals surface area contributed by atoms with E-state index in [1.807, 2.05) is 26.0 Å². The number of hydrogen-bond donors (Lipinski definition) is 1. The van der Waals surface area contributed by atoms with Gasteiger partial charge in [-0.05, 0) is 37.6 Å². The van der Waals surface area contributed by atoms with E-state index in [0.29, 0.717) is 12.1 Å². The van der Waals surface area contributed by atoms with Crippen molar-refractivity contribution in [3.8, 4) is 0 Å². The number of aliphatic carboxylic acids is 1. The molecule has 0 saturated heterocycles. The first-order valence-electron chi connectivity index (χ1n) is 7.64. The lowest BCUT2D eigenvalue weighted by atomic mass is 10.2. The van der Waals surface area contributed by atoms with E-state index in [1.54, 1.807) is 35.2 Å². The molecule has 2 rings (SSSR count). The van der Waals surface area contributed by atoms with Crippen molar-refractivity contribution in [2.75, 3.05) is 13.1 Å². The molecule has 1 N–H and O–H groups in total. The van der Waals surface area contributed by atoms with Gasteiger partial charge < -0.3 is 10.0 Å². The van der Waals surface area contributed by atoms with Crippen LogP contribution in [0.2, 0.25) is 0 Å². The highest BCUT2D eigenvalue weighted by atomic mass is 32.2. The van der Waals surface area contributed by atoms with Crippen LogP contribution in [0.15, 0.2) is 34.5 Å². The summed E-state index contributed by atoms with van der Waals surface area (Å²) in [5, 5.41) is 12.0. The number of amides is 1. The highest BCUT2D eigenvalue weighted by Gasteiger charge is 2.17. The molecule has 0 aliphatic heterocycles. The van der Waals surface area contributed by atoms with E-state index in [1.165, 1.54) is 4.90 Å². The van der Waals surface area contributed by atoms with Gasteiger partial charge in [0.15, 0.2) is 0 Å². The van der Waals surface area contributed by atoms with Crippen molar-refractivity contribution in [2.45, 2.75) is 30.9 Å². The minimum atomic E-state index is -0.998. The quantitative estimate of drug-likeness (QED) is 0.724. The smallest absolute Gasteiger partial charge is 0.323 e. The van der Waals surface area contributed by atoms with Gasteiger partial charge in [-0.15, -0.1) is 23.1 Å². The molecule has 1 aromatic heterocycles. The molecule has 0 unspecified atom stereocenters. The van der Waals surface area contributed by atoms with Gasteiger partial charge in [0.2, 0.25) is 0 Å². The Morgan fingerprint density at radius 2 is 2.00 bits per heavy atom. The molecule has 2 aromatic rings. The Morgan fingerprint density at radius 1 is 1.29 bits per heavy atom. The fourth-order valence-electron chi connectivity index (χ4n) is 2.19. The number of carbonyl (C=O) groups excluding carboxylic acids is 1. The maximum Gasteiger partial charge on any atom is 0.323 e. The summed E-state index contributed by atoms with van der Waals surface area (Å²) in [7, 11) is 0. The number of carboxylic acid groups (broad SMARTS) is 1. The van der Waals surface area contributed by atoms with Crippen LogP contribution in [0.3, 0.4) is 0 Å². The van der Waals surface area contributed by atoms with Gasteiger partial charge >= 0.3 is 5.97 Å². The monoisotopic (exact) mass is 364 g/mol. The molecule has 0 radical (unpaired) electrons. The van der Waals surface area contributed by atoms with E-state index in [2.05, 4.69) is 10.4 Å². The highest BCUT2D eigenvalue weighted by Crippen LogP contribution is 2.24. The third kappa shape index (κ3) is 5.35. The SMILES string of the molecule is CCCN(CC(=O)O)C(=O)c1ccc(SCc2csc(C)n2)cc1. The van der Waals surface area contributed by atoms with Gasteiger partial charge in [-0.25, -0.2) is 4.98 Å². The van der Waals surface area contributed by atoms with Gasteiger partial charge in [0.05, 0.1) is 10.7 Å². The second-order valence-corrected chi connectivity index (χ2v) is 7.40. The fraction of sp³-hybridized carbons (Fsp3) is 0.353. The van der Waals surface area contributed by atoms with E-state index < -0.39 is 5.97 Å². The Labute approximate surface area is 149 Å². The highest BCUT2D eigenvalue weighted by molar-refractivity contribution is 7.98. The number of carbonyl (C=O) groups is 2. The van der Waals surface area contributed by atoms with E-state index in [9.17, 15) is 9.59 Å². The van der Waals surface area contributed by atoms with Gasteiger partial charge in [0, 0.05) is 28.1 Å². The summed E-state index contributed by atoms with van der Waals surface area (Å²) in [6.07, 6.45) is 0.722. The number of thioether (sulfide) groups is 1. The Bertz CT molecular complexity index is 698. The van der Waals surface area contributed by atoms with Crippen molar-refractivity contribution in [1.29, 1.82) is 0 Å². The molecule has 0 aliphatic carbocycles. The molecule has 0 fully saturated rings. The lowest BCUT2D eigenvalue weighted by Gasteiger charge is -2.20. The molecule has 0 spiro atoms. The first-order valence-corrected chi connectivity index (χ1v) is 9.51. The van der Waals surface area contributed by atoms with Crippen LogP contribution in [0.4, 0.5) is 0 Å². The van der Waals surface area contributed by atoms with Gasteiger partial charge in [-0.3, -0.25) is 9.59 Å². The Kier molecular flexibility index (Phi) is 6.81.